The molecule has 0 saturated carbocycles. The summed E-state index contributed by atoms with van der Waals surface area (Å²) in [7, 11) is 0. The minimum absolute atomic E-state index is 0.0794. The number of aliphatic hydroxyl groups is 1. The van der Waals surface area contributed by atoms with Gasteiger partial charge in [-0.05, 0) is 25.2 Å². The SMILES string of the molecule is CCC[C@H]1C2=C(CCCC2=O)OC(O)[C@@H]1CC. The van der Waals surface area contributed by atoms with Gasteiger partial charge in [-0.25, -0.2) is 0 Å². The van der Waals surface area contributed by atoms with Crippen molar-refractivity contribution in [1.29, 1.82) is 0 Å². The molecule has 3 nitrogen and oxygen atoms in total. The maximum Gasteiger partial charge on any atom is 0.200 e. The molecule has 1 aliphatic heterocycles. The molecule has 0 aromatic carbocycles. The van der Waals surface area contributed by atoms with Crippen LogP contribution < -0.4 is 0 Å². The van der Waals surface area contributed by atoms with Crippen LogP contribution in [0.3, 0.4) is 0 Å². The van der Waals surface area contributed by atoms with Crippen molar-refractivity contribution in [3.63, 3.8) is 0 Å². The summed E-state index contributed by atoms with van der Waals surface area (Å²) in [5.41, 5.74) is 0.898. The van der Waals surface area contributed by atoms with Gasteiger partial charge >= 0.3 is 0 Å². The third kappa shape index (κ3) is 2.25. The summed E-state index contributed by atoms with van der Waals surface area (Å²) in [6, 6.07) is 0. The van der Waals surface area contributed by atoms with Crippen molar-refractivity contribution in [3.05, 3.63) is 11.3 Å². The number of aliphatic hydroxyl groups excluding tert-OH is 1. The maximum absolute atomic E-state index is 12.1. The lowest BCUT2D eigenvalue weighted by Crippen LogP contribution is -2.39. The number of carbonyl (C=O) groups excluding carboxylic acids is 1. The van der Waals surface area contributed by atoms with Crippen LogP contribution in [0.5, 0.6) is 0 Å². The van der Waals surface area contributed by atoms with E-state index in [1.807, 2.05) is 0 Å². The smallest absolute Gasteiger partial charge is 0.200 e. The Labute approximate surface area is 103 Å². The van der Waals surface area contributed by atoms with Crippen LogP contribution >= 0.6 is 0 Å². The molecule has 0 aromatic rings. The molecular weight excluding hydrogens is 216 g/mol. The van der Waals surface area contributed by atoms with Crippen LogP contribution in [0.4, 0.5) is 0 Å². The Bertz CT molecular complexity index is 332. The Kier molecular flexibility index (Phi) is 3.87. The van der Waals surface area contributed by atoms with E-state index >= 15 is 0 Å². The van der Waals surface area contributed by atoms with Gasteiger partial charge in [-0.15, -0.1) is 0 Å². The molecule has 0 fully saturated rings. The number of allylic oxidation sites excluding steroid dienone is 2. The normalized spacial score (nSPS) is 33.4. The zero-order valence-corrected chi connectivity index (χ0v) is 10.7. The molecule has 0 bridgehead atoms. The largest absolute Gasteiger partial charge is 0.469 e. The van der Waals surface area contributed by atoms with E-state index in [1.54, 1.807) is 0 Å². The van der Waals surface area contributed by atoms with Gasteiger partial charge in [0.05, 0.1) is 0 Å². The number of ketones is 1. The molecule has 1 unspecified atom stereocenters. The second-order valence-electron chi connectivity index (χ2n) is 5.09. The standard InChI is InChI=1S/C14H22O3/c1-3-6-10-9(4-2)14(16)17-12-8-5-7-11(15)13(10)12/h9-10,14,16H,3-8H2,1-2H3/t9-,10-,14?/m1/s1. The van der Waals surface area contributed by atoms with Crippen molar-refractivity contribution in [3.8, 4) is 0 Å². The third-order valence-corrected chi connectivity index (χ3v) is 4.00. The molecule has 2 aliphatic rings. The maximum atomic E-state index is 12.1. The van der Waals surface area contributed by atoms with Crippen LogP contribution in [-0.2, 0) is 9.53 Å². The van der Waals surface area contributed by atoms with Crippen molar-refractivity contribution >= 4 is 5.78 Å². The third-order valence-electron chi connectivity index (χ3n) is 4.00. The molecule has 3 heteroatoms. The summed E-state index contributed by atoms with van der Waals surface area (Å²) in [5.74, 6) is 1.30. The number of hydrogen-bond acceptors (Lipinski definition) is 3. The predicted molar refractivity (Wildman–Crippen MR) is 65.2 cm³/mol. The first-order valence-corrected chi connectivity index (χ1v) is 6.80. The number of hydrogen-bond donors (Lipinski definition) is 1. The highest BCUT2D eigenvalue weighted by Crippen LogP contribution is 2.42. The van der Waals surface area contributed by atoms with Gasteiger partial charge < -0.3 is 9.84 Å². The molecule has 1 aliphatic carbocycles. The van der Waals surface area contributed by atoms with Crippen molar-refractivity contribution in [2.24, 2.45) is 11.8 Å². The summed E-state index contributed by atoms with van der Waals surface area (Å²) < 4.78 is 5.56. The molecule has 0 radical (unpaired) electrons. The zero-order chi connectivity index (χ0) is 12.4. The van der Waals surface area contributed by atoms with Crippen molar-refractivity contribution in [2.75, 3.05) is 0 Å². The quantitative estimate of drug-likeness (QED) is 0.822. The second-order valence-corrected chi connectivity index (χ2v) is 5.09. The highest BCUT2D eigenvalue weighted by molar-refractivity contribution is 5.97. The lowest BCUT2D eigenvalue weighted by Gasteiger charge is -2.39. The van der Waals surface area contributed by atoms with Gasteiger partial charge in [-0.3, -0.25) is 4.79 Å². The van der Waals surface area contributed by atoms with Gasteiger partial charge in [-0.1, -0.05) is 20.3 Å². The molecule has 2 rings (SSSR count). The van der Waals surface area contributed by atoms with Crippen LogP contribution in [0, 0.1) is 11.8 Å². The van der Waals surface area contributed by atoms with Crippen molar-refractivity contribution < 1.29 is 14.6 Å². The van der Waals surface area contributed by atoms with E-state index in [1.165, 1.54) is 0 Å². The van der Waals surface area contributed by atoms with Crippen molar-refractivity contribution in [1.82, 2.24) is 0 Å². The van der Waals surface area contributed by atoms with E-state index in [-0.39, 0.29) is 17.6 Å². The molecule has 1 N–H and O–H groups in total. The van der Waals surface area contributed by atoms with E-state index in [0.29, 0.717) is 6.42 Å². The fourth-order valence-corrected chi connectivity index (χ4v) is 3.17. The first-order chi connectivity index (χ1) is 8.19. The minimum atomic E-state index is -0.721. The van der Waals surface area contributed by atoms with Crippen LogP contribution in [0.2, 0.25) is 0 Å². The molecule has 1 heterocycles. The fourth-order valence-electron chi connectivity index (χ4n) is 3.17. The van der Waals surface area contributed by atoms with Crippen LogP contribution in [0.1, 0.15) is 52.4 Å². The monoisotopic (exact) mass is 238 g/mol. The van der Waals surface area contributed by atoms with Gasteiger partial charge in [0.2, 0.25) is 0 Å². The van der Waals surface area contributed by atoms with E-state index in [4.69, 9.17) is 4.74 Å². The van der Waals surface area contributed by atoms with Gasteiger partial charge in [0.15, 0.2) is 12.1 Å². The Morgan fingerprint density at radius 3 is 2.76 bits per heavy atom. The molecule has 0 saturated heterocycles. The molecule has 0 aromatic heterocycles. The Balaban J connectivity index is 2.34. The first-order valence-electron chi connectivity index (χ1n) is 6.80. The zero-order valence-electron chi connectivity index (χ0n) is 10.7. The van der Waals surface area contributed by atoms with Crippen LogP contribution in [0.15, 0.2) is 11.3 Å². The highest BCUT2D eigenvalue weighted by atomic mass is 16.6. The summed E-state index contributed by atoms with van der Waals surface area (Å²) in [6.07, 6.45) is 4.47. The van der Waals surface area contributed by atoms with Gasteiger partial charge in [0.25, 0.3) is 0 Å². The predicted octanol–water partition coefficient (Wildman–Crippen LogP) is 2.78. The summed E-state index contributed by atoms with van der Waals surface area (Å²) >= 11 is 0. The second kappa shape index (κ2) is 5.21. The summed E-state index contributed by atoms with van der Waals surface area (Å²) in [4.78, 5) is 12.1. The van der Waals surface area contributed by atoms with E-state index in [2.05, 4.69) is 13.8 Å². The van der Waals surface area contributed by atoms with Gasteiger partial charge in [0, 0.05) is 24.3 Å². The molecule has 3 atom stereocenters. The van der Waals surface area contributed by atoms with Gasteiger partial charge in [-0.2, -0.15) is 0 Å². The number of ether oxygens (including phenoxy) is 1. The lowest BCUT2D eigenvalue weighted by atomic mass is 9.74. The van der Waals surface area contributed by atoms with E-state index in [0.717, 1.165) is 43.4 Å². The number of Topliss-reactive ketones (excluding diaryl/α,β-unsaturated/α-hetero) is 1. The lowest BCUT2D eigenvalue weighted by molar-refractivity contribution is -0.142. The molecule has 96 valence electrons. The Morgan fingerprint density at radius 2 is 2.12 bits per heavy atom. The van der Waals surface area contributed by atoms with Crippen LogP contribution in [-0.4, -0.2) is 17.2 Å². The highest BCUT2D eigenvalue weighted by Gasteiger charge is 2.41. The van der Waals surface area contributed by atoms with E-state index in [9.17, 15) is 9.90 Å². The molecular formula is C14H22O3. The molecule has 0 spiro atoms. The summed E-state index contributed by atoms with van der Waals surface area (Å²) in [6.45, 7) is 4.18. The number of rotatable bonds is 3. The summed E-state index contributed by atoms with van der Waals surface area (Å²) in [5, 5.41) is 10.0. The molecule has 0 amide bonds. The van der Waals surface area contributed by atoms with Crippen LogP contribution in [0.25, 0.3) is 0 Å². The topological polar surface area (TPSA) is 46.5 Å². The van der Waals surface area contributed by atoms with Crippen molar-refractivity contribution in [2.45, 2.75) is 58.7 Å². The van der Waals surface area contributed by atoms with E-state index < -0.39 is 6.29 Å². The first kappa shape index (κ1) is 12.6. The van der Waals surface area contributed by atoms with Gasteiger partial charge in [0.1, 0.15) is 5.76 Å². The number of carbonyl (C=O) groups is 1. The molecule has 17 heavy (non-hydrogen) atoms. The Hall–Kier alpha value is -0.830. The Morgan fingerprint density at radius 1 is 1.35 bits per heavy atom. The fraction of sp³-hybridized carbons (Fsp3) is 0.786. The average molecular weight is 238 g/mol. The minimum Gasteiger partial charge on any atom is -0.469 e. The average Bonchev–Trinajstić information content (AvgIpc) is 2.29.